The second kappa shape index (κ2) is 6.68. The number of aliphatic hydroxyl groups is 5. The Kier molecular flexibility index (Phi) is 6.34. The van der Waals surface area contributed by atoms with E-state index in [4.69, 9.17) is 25.5 Å². The number of hydrogen-bond donors (Lipinski definition) is 6. The summed E-state index contributed by atoms with van der Waals surface area (Å²) in [6, 6.07) is 0. The second-order valence-corrected chi connectivity index (χ2v) is 2.78. The van der Waals surface area contributed by atoms with Crippen molar-refractivity contribution in [1.82, 2.24) is 5.32 Å². The minimum atomic E-state index is -1.74. The van der Waals surface area contributed by atoms with Crippen molar-refractivity contribution in [1.29, 1.82) is 0 Å². The van der Waals surface area contributed by atoms with E-state index in [9.17, 15) is 4.79 Å². The molecule has 0 aromatic carbocycles. The average Bonchev–Trinajstić information content (AvgIpc) is 2.22. The van der Waals surface area contributed by atoms with Crippen LogP contribution in [0.5, 0.6) is 0 Å². The van der Waals surface area contributed by atoms with Crippen LogP contribution in [0.4, 0.5) is 0 Å². The van der Waals surface area contributed by atoms with E-state index in [1.807, 2.05) is 0 Å². The van der Waals surface area contributed by atoms with E-state index in [2.05, 4.69) is 5.32 Å². The predicted molar refractivity (Wildman–Crippen MR) is 45.2 cm³/mol. The summed E-state index contributed by atoms with van der Waals surface area (Å²) < 4.78 is 0. The zero-order valence-electron chi connectivity index (χ0n) is 7.50. The molecular formula is C7H15NO6. The van der Waals surface area contributed by atoms with Crippen LogP contribution in [-0.4, -0.2) is 69.5 Å². The van der Waals surface area contributed by atoms with E-state index in [0.717, 1.165) is 0 Å². The molecule has 6 N–H and O–H groups in total. The van der Waals surface area contributed by atoms with Gasteiger partial charge >= 0.3 is 0 Å². The van der Waals surface area contributed by atoms with Crippen molar-refractivity contribution in [3.8, 4) is 0 Å². The molecule has 3 atom stereocenters. The van der Waals surface area contributed by atoms with E-state index >= 15 is 0 Å². The number of amides is 1. The van der Waals surface area contributed by atoms with Crippen LogP contribution in [-0.2, 0) is 4.79 Å². The van der Waals surface area contributed by atoms with Crippen LogP contribution in [0.15, 0.2) is 0 Å². The summed E-state index contributed by atoms with van der Waals surface area (Å²) in [6.07, 6.45) is -4.41. The fraction of sp³-hybridized carbons (Fsp3) is 0.857. The van der Waals surface area contributed by atoms with Crippen LogP contribution in [0.2, 0.25) is 0 Å². The highest BCUT2D eigenvalue weighted by molar-refractivity contribution is 5.81. The van der Waals surface area contributed by atoms with Gasteiger partial charge in [-0.3, -0.25) is 4.79 Å². The van der Waals surface area contributed by atoms with Crippen LogP contribution in [0.3, 0.4) is 0 Å². The highest BCUT2D eigenvalue weighted by Crippen LogP contribution is 1.92. The molecular weight excluding hydrogens is 194 g/mol. The molecule has 0 aliphatic heterocycles. The van der Waals surface area contributed by atoms with E-state index in [-0.39, 0.29) is 6.54 Å². The van der Waals surface area contributed by atoms with Crippen LogP contribution >= 0.6 is 0 Å². The second-order valence-electron chi connectivity index (χ2n) is 2.78. The van der Waals surface area contributed by atoms with E-state index in [1.54, 1.807) is 0 Å². The first-order valence-electron chi connectivity index (χ1n) is 4.06. The molecule has 1 amide bonds. The van der Waals surface area contributed by atoms with Crippen LogP contribution < -0.4 is 5.32 Å². The molecule has 0 bridgehead atoms. The lowest BCUT2D eigenvalue weighted by Gasteiger charge is -2.16. The van der Waals surface area contributed by atoms with Gasteiger partial charge in [-0.2, -0.15) is 0 Å². The normalized spacial score (nSPS) is 17.2. The van der Waals surface area contributed by atoms with Crippen molar-refractivity contribution in [3.63, 3.8) is 0 Å². The molecule has 14 heavy (non-hydrogen) atoms. The number of hydrogen-bond acceptors (Lipinski definition) is 6. The quantitative estimate of drug-likeness (QED) is 0.266. The zero-order valence-corrected chi connectivity index (χ0v) is 7.50. The summed E-state index contributed by atoms with van der Waals surface area (Å²) in [6.45, 7) is -1.49. The first-order valence-corrected chi connectivity index (χ1v) is 4.06. The largest absolute Gasteiger partial charge is 0.394 e. The number of carbonyl (C=O) groups excluding carboxylic acids is 1. The molecule has 0 aromatic rings. The van der Waals surface area contributed by atoms with Crippen molar-refractivity contribution in [2.24, 2.45) is 0 Å². The Bertz CT molecular complexity index is 176. The molecule has 0 radical (unpaired) electrons. The maximum Gasteiger partial charge on any atom is 0.251 e. The van der Waals surface area contributed by atoms with Gasteiger partial charge in [-0.25, -0.2) is 0 Å². The highest BCUT2D eigenvalue weighted by Gasteiger charge is 2.23. The molecule has 7 heteroatoms. The standard InChI is InChI=1S/C7H15NO6/c9-2-4(11)1-8-7(14)6(13)5(12)3-10/h4-6,9-13H,1-3H2,(H,8,14)/t4?,5-,6-/m1/s1. The lowest BCUT2D eigenvalue weighted by atomic mass is 10.2. The number of carbonyl (C=O) groups is 1. The molecule has 0 aliphatic rings. The smallest absolute Gasteiger partial charge is 0.251 e. The van der Waals surface area contributed by atoms with Crippen molar-refractivity contribution >= 4 is 5.91 Å². The van der Waals surface area contributed by atoms with Gasteiger partial charge in [0.2, 0.25) is 0 Å². The monoisotopic (exact) mass is 209 g/mol. The summed E-state index contributed by atoms with van der Waals surface area (Å²) in [7, 11) is 0. The molecule has 0 aliphatic carbocycles. The third kappa shape index (κ3) is 4.49. The predicted octanol–water partition coefficient (Wildman–Crippen LogP) is -3.83. The Balaban J connectivity index is 3.84. The fourth-order valence-electron chi connectivity index (χ4n) is 0.662. The summed E-state index contributed by atoms with van der Waals surface area (Å²) in [5.74, 6) is -0.918. The van der Waals surface area contributed by atoms with Gasteiger partial charge in [-0.1, -0.05) is 0 Å². The molecule has 1 unspecified atom stereocenters. The molecule has 0 aromatic heterocycles. The van der Waals surface area contributed by atoms with Crippen LogP contribution in [0.1, 0.15) is 0 Å². The summed E-state index contributed by atoms with van der Waals surface area (Å²) in [5.41, 5.74) is 0. The summed E-state index contributed by atoms with van der Waals surface area (Å²) >= 11 is 0. The lowest BCUT2D eigenvalue weighted by molar-refractivity contribution is -0.137. The lowest BCUT2D eigenvalue weighted by Crippen LogP contribution is -2.46. The summed E-state index contributed by atoms with van der Waals surface area (Å²) in [5, 5.41) is 45.5. The Morgan fingerprint density at radius 3 is 2.14 bits per heavy atom. The molecule has 0 saturated carbocycles. The zero-order chi connectivity index (χ0) is 11.1. The minimum Gasteiger partial charge on any atom is -0.394 e. The Morgan fingerprint density at radius 1 is 1.14 bits per heavy atom. The average molecular weight is 209 g/mol. The van der Waals surface area contributed by atoms with Gasteiger partial charge in [0.1, 0.15) is 6.10 Å². The maximum atomic E-state index is 10.9. The molecule has 7 nitrogen and oxygen atoms in total. The SMILES string of the molecule is O=C(NCC(O)CO)[C@H](O)[C@H](O)CO. The van der Waals surface area contributed by atoms with Gasteiger partial charge < -0.3 is 30.8 Å². The van der Waals surface area contributed by atoms with E-state index in [1.165, 1.54) is 0 Å². The first kappa shape index (κ1) is 13.3. The highest BCUT2D eigenvalue weighted by atomic mass is 16.4. The van der Waals surface area contributed by atoms with E-state index < -0.39 is 37.4 Å². The third-order valence-corrected chi connectivity index (χ3v) is 1.54. The van der Waals surface area contributed by atoms with Gasteiger partial charge in [0.15, 0.2) is 6.10 Å². The summed E-state index contributed by atoms with van der Waals surface area (Å²) in [4.78, 5) is 10.9. The number of nitrogens with one attached hydrogen (secondary N) is 1. The van der Waals surface area contributed by atoms with Gasteiger partial charge in [0.05, 0.1) is 19.3 Å². The molecule has 0 spiro atoms. The minimum absolute atomic E-state index is 0.232. The molecule has 0 fully saturated rings. The van der Waals surface area contributed by atoms with Crippen LogP contribution in [0, 0.1) is 0 Å². The number of rotatable bonds is 6. The van der Waals surface area contributed by atoms with Crippen molar-refractivity contribution < 1.29 is 30.3 Å². The molecule has 0 saturated heterocycles. The van der Waals surface area contributed by atoms with Gasteiger partial charge in [-0.15, -0.1) is 0 Å². The number of aliphatic hydroxyl groups excluding tert-OH is 5. The Labute approximate surface area is 80.6 Å². The van der Waals surface area contributed by atoms with Gasteiger partial charge in [-0.05, 0) is 0 Å². The van der Waals surface area contributed by atoms with Gasteiger partial charge in [0.25, 0.3) is 5.91 Å². The third-order valence-electron chi connectivity index (χ3n) is 1.54. The Morgan fingerprint density at radius 2 is 1.71 bits per heavy atom. The van der Waals surface area contributed by atoms with Gasteiger partial charge in [0, 0.05) is 6.54 Å². The maximum absolute atomic E-state index is 10.9. The molecule has 0 heterocycles. The topological polar surface area (TPSA) is 130 Å². The van der Waals surface area contributed by atoms with Crippen LogP contribution in [0.25, 0.3) is 0 Å². The van der Waals surface area contributed by atoms with Crippen molar-refractivity contribution in [3.05, 3.63) is 0 Å². The van der Waals surface area contributed by atoms with Crippen molar-refractivity contribution in [2.45, 2.75) is 18.3 Å². The van der Waals surface area contributed by atoms with E-state index in [0.29, 0.717) is 0 Å². The van der Waals surface area contributed by atoms with Crippen molar-refractivity contribution in [2.75, 3.05) is 19.8 Å². The molecule has 84 valence electrons. The fourth-order valence-corrected chi connectivity index (χ4v) is 0.662. The molecule has 0 rings (SSSR count). The Hall–Kier alpha value is -0.730. The first-order chi connectivity index (χ1) is 6.52.